The lowest BCUT2D eigenvalue weighted by atomic mass is 9.69. The molecule has 5 aliphatic heterocycles. The standard InChI is InChI=1S/C32H42O6.C16H24O3.CH4/c1-18-29(6,7)34-24-12-19-21(14-23(24)33-18)37-32(16-27(19,2)3)17-28(4,5)20-13-25-26(15-22(20)38-32)36-31(10,11)30(8,9)35-25;1-3-4-5-6-7-8-9-17-14-11-16-15(10-13(14)2)18-12-19-16;/h12-15,18H,16-17H2,1-11H3;10-11H,3-9,12H2,1-2H3;1H4. The molecular formula is C49H70O9. The van der Waals surface area contributed by atoms with Crippen molar-refractivity contribution in [3.8, 4) is 51.7 Å². The van der Waals surface area contributed by atoms with E-state index in [1.54, 1.807) is 0 Å². The fourth-order valence-corrected chi connectivity index (χ4v) is 8.55. The van der Waals surface area contributed by atoms with Crippen molar-refractivity contribution in [3.05, 3.63) is 53.1 Å². The van der Waals surface area contributed by atoms with Gasteiger partial charge in [-0.05, 0) is 85.6 Å². The van der Waals surface area contributed by atoms with Gasteiger partial charge in [-0.15, -0.1) is 0 Å². The topological polar surface area (TPSA) is 83.1 Å². The lowest BCUT2D eigenvalue weighted by Crippen LogP contribution is -2.57. The predicted octanol–water partition coefficient (Wildman–Crippen LogP) is 12.6. The van der Waals surface area contributed by atoms with E-state index in [0.717, 1.165) is 70.0 Å². The fraction of sp³-hybridized carbons (Fsp3) is 0.633. The Morgan fingerprint density at radius 3 is 1.66 bits per heavy atom. The zero-order valence-corrected chi connectivity index (χ0v) is 36.8. The van der Waals surface area contributed by atoms with Crippen molar-refractivity contribution in [3.63, 3.8) is 0 Å². The van der Waals surface area contributed by atoms with Crippen LogP contribution in [-0.4, -0.2) is 42.1 Å². The molecule has 8 rings (SSSR count). The first kappa shape index (κ1) is 43.4. The Hall–Kier alpha value is -4.14. The molecule has 0 bridgehead atoms. The lowest BCUT2D eigenvalue weighted by Gasteiger charge is -2.52. The van der Waals surface area contributed by atoms with E-state index in [1.807, 2.05) is 38.1 Å². The summed E-state index contributed by atoms with van der Waals surface area (Å²) >= 11 is 0. The summed E-state index contributed by atoms with van der Waals surface area (Å²) in [6.07, 6.45) is 9.00. The molecule has 9 nitrogen and oxygen atoms in total. The highest BCUT2D eigenvalue weighted by atomic mass is 16.7. The number of ether oxygens (including phenoxy) is 9. The van der Waals surface area contributed by atoms with E-state index >= 15 is 0 Å². The van der Waals surface area contributed by atoms with Crippen LogP contribution in [0.4, 0.5) is 0 Å². The third kappa shape index (κ3) is 8.34. The highest BCUT2D eigenvalue weighted by Crippen LogP contribution is 2.58. The fourth-order valence-electron chi connectivity index (χ4n) is 8.55. The molecule has 2 atom stereocenters. The van der Waals surface area contributed by atoms with E-state index < -0.39 is 22.6 Å². The van der Waals surface area contributed by atoms with Crippen LogP contribution in [0, 0.1) is 6.92 Å². The second-order valence-electron chi connectivity index (χ2n) is 19.6. The Morgan fingerprint density at radius 1 is 0.569 bits per heavy atom. The first-order valence-electron chi connectivity index (χ1n) is 21.2. The highest BCUT2D eigenvalue weighted by molar-refractivity contribution is 5.58. The molecule has 0 N–H and O–H groups in total. The van der Waals surface area contributed by atoms with Gasteiger partial charge >= 0.3 is 0 Å². The van der Waals surface area contributed by atoms with E-state index in [1.165, 1.54) is 32.1 Å². The van der Waals surface area contributed by atoms with Gasteiger partial charge in [-0.1, -0.05) is 74.1 Å². The molecular weight excluding hydrogens is 733 g/mol. The van der Waals surface area contributed by atoms with Gasteiger partial charge in [-0.2, -0.15) is 0 Å². The second-order valence-corrected chi connectivity index (χ2v) is 19.6. The van der Waals surface area contributed by atoms with Gasteiger partial charge in [0.1, 0.15) is 40.2 Å². The molecule has 320 valence electrons. The summed E-state index contributed by atoms with van der Waals surface area (Å²) in [5.41, 5.74) is 1.51. The third-order valence-corrected chi connectivity index (χ3v) is 12.8. The Labute approximate surface area is 348 Å². The summed E-state index contributed by atoms with van der Waals surface area (Å²) < 4.78 is 55.7. The molecule has 2 unspecified atom stereocenters. The minimum Gasteiger partial charge on any atom is -0.493 e. The summed E-state index contributed by atoms with van der Waals surface area (Å²) in [7, 11) is 0. The molecule has 0 amide bonds. The molecule has 0 aliphatic carbocycles. The summed E-state index contributed by atoms with van der Waals surface area (Å²) in [5, 5.41) is 0. The molecule has 0 saturated carbocycles. The average Bonchev–Trinajstić information content (AvgIpc) is 3.54. The number of hydrogen-bond acceptors (Lipinski definition) is 9. The van der Waals surface area contributed by atoms with Gasteiger partial charge in [-0.3, -0.25) is 0 Å². The van der Waals surface area contributed by atoms with Gasteiger partial charge in [0.2, 0.25) is 6.79 Å². The van der Waals surface area contributed by atoms with Crippen LogP contribution < -0.4 is 42.6 Å². The van der Waals surface area contributed by atoms with Gasteiger partial charge in [0.15, 0.2) is 34.5 Å². The number of aryl methyl sites for hydroxylation is 1. The van der Waals surface area contributed by atoms with Crippen LogP contribution in [0.15, 0.2) is 36.4 Å². The van der Waals surface area contributed by atoms with Crippen LogP contribution in [0.1, 0.15) is 159 Å². The number of unbranched alkanes of at least 4 members (excludes halogenated alkanes) is 5. The van der Waals surface area contributed by atoms with Crippen LogP contribution >= 0.6 is 0 Å². The smallest absolute Gasteiger partial charge is 0.252 e. The Morgan fingerprint density at radius 2 is 1.07 bits per heavy atom. The molecule has 0 radical (unpaired) electrons. The first-order chi connectivity index (χ1) is 26.6. The lowest BCUT2D eigenvalue weighted by molar-refractivity contribution is -0.167. The van der Waals surface area contributed by atoms with Crippen molar-refractivity contribution >= 4 is 0 Å². The number of benzene rings is 3. The van der Waals surface area contributed by atoms with E-state index in [0.29, 0.717) is 31.1 Å². The van der Waals surface area contributed by atoms with Crippen molar-refractivity contribution in [2.24, 2.45) is 0 Å². The molecule has 0 aromatic heterocycles. The van der Waals surface area contributed by atoms with Crippen molar-refractivity contribution in [1.29, 1.82) is 0 Å². The molecule has 1 spiro atoms. The maximum Gasteiger partial charge on any atom is 0.252 e. The van der Waals surface area contributed by atoms with E-state index in [9.17, 15) is 0 Å². The quantitative estimate of drug-likeness (QED) is 0.207. The maximum atomic E-state index is 6.84. The summed E-state index contributed by atoms with van der Waals surface area (Å²) in [4.78, 5) is 0. The molecule has 5 heterocycles. The second kappa shape index (κ2) is 15.5. The SMILES string of the molecule is C.CC1Oc2cc3c(cc2OC1(C)C)C(C)(C)CC1(CC(C)(C)c2cc4c(cc2O1)OC(C)(C)C(C)(C)O4)O3.CCCCCCCCOc1cc2c(cc1C)OCO2. The Kier molecular flexibility index (Phi) is 11.6. The number of hydrogen-bond donors (Lipinski definition) is 0. The largest absolute Gasteiger partial charge is 0.493 e. The molecule has 58 heavy (non-hydrogen) atoms. The van der Waals surface area contributed by atoms with Crippen molar-refractivity contribution in [2.45, 2.75) is 188 Å². The molecule has 9 heteroatoms. The predicted molar refractivity (Wildman–Crippen MR) is 229 cm³/mol. The van der Waals surface area contributed by atoms with E-state index in [2.05, 4.69) is 88.3 Å². The average molecular weight is 803 g/mol. The van der Waals surface area contributed by atoms with Gasteiger partial charge < -0.3 is 42.6 Å². The van der Waals surface area contributed by atoms with Crippen molar-refractivity contribution < 1.29 is 42.6 Å². The Balaban J connectivity index is 0.000000240. The summed E-state index contributed by atoms with van der Waals surface area (Å²) in [5.74, 6) is 6.21. The molecule has 0 saturated heterocycles. The number of rotatable bonds is 8. The maximum absolute atomic E-state index is 6.84. The molecule has 0 fully saturated rings. The number of fused-ring (bicyclic) bond motifs is 5. The van der Waals surface area contributed by atoms with E-state index in [4.69, 9.17) is 42.6 Å². The zero-order valence-electron chi connectivity index (χ0n) is 36.8. The molecule has 3 aromatic rings. The van der Waals surface area contributed by atoms with Crippen LogP contribution in [0.25, 0.3) is 0 Å². The normalized spacial score (nSPS) is 23.7. The molecule has 3 aromatic carbocycles. The van der Waals surface area contributed by atoms with Crippen molar-refractivity contribution in [2.75, 3.05) is 13.4 Å². The highest BCUT2D eigenvalue weighted by Gasteiger charge is 2.55. The molecule has 5 aliphatic rings. The minimum atomic E-state index is -0.833. The van der Waals surface area contributed by atoms with Gasteiger partial charge in [-0.25, -0.2) is 0 Å². The van der Waals surface area contributed by atoms with Gasteiger partial charge in [0.25, 0.3) is 5.79 Å². The van der Waals surface area contributed by atoms with Crippen LogP contribution in [0.3, 0.4) is 0 Å². The Bertz CT molecular complexity index is 1970. The van der Waals surface area contributed by atoms with Crippen molar-refractivity contribution in [1.82, 2.24) is 0 Å². The van der Waals surface area contributed by atoms with Gasteiger partial charge in [0, 0.05) is 53.0 Å². The minimum absolute atomic E-state index is 0. The van der Waals surface area contributed by atoms with Crippen LogP contribution in [0.2, 0.25) is 0 Å². The van der Waals surface area contributed by atoms with Crippen LogP contribution in [-0.2, 0) is 10.8 Å². The van der Waals surface area contributed by atoms with E-state index in [-0.39, 0.29) is 24.4 Å². The van der Waals surface area contributed by atoms with Gasteiger partial charge in [0.05, 0.1) is 6.61 Å². The summed E-state index contributed by atoms with van der Waals surface area (Å²) in [6, 6.07) is 12.1. The van der Waals surface area contributed by atoms with Crippen LogP contribution in [0.5, 0.6) is 51.7 Å². The monoisotopic (exact) mass is 803 g/mol. The summed E-state index contributed by atoms with van der Waals surface area (Å²) in [6.45, 7) is 28.8. The zero-order chi connectivity index (χ0) is 41.2. The first-order valence-corrected chi connectivity index (χ1v) is 21.2. The third-order valence-electron chi connectivity index (χ3n) is 12.8.